The standard InChI is InChI=1S/C21H25ClO10/c1-11(23)27-10-17-18(28-12(2)24)19(29-13(3)25)20(30-14(4)26)21(32-17)31-16-7-5-15(9-22)6-8-16/h5-8,17-21H,9-10H2,1-4H3/t17-,18+,19+,20-,21-/m1/s1. The molecule has 1 heterocycles. The van der Waals surface area contributed by atoms with E-state index in [1.165, 1.54) is 6.92 Å². The zero-order valence-corrected chi connectivity index (χ0v) is 18.8. The van der Waals surface area contributed by atoms with E-state index in [4.69, 9.17) is 40.0 Å². The quantitative estimate of drug-likeness (QED) is 0.314. The highest BCUT2D eigenvalue weighted by Crippen LogP contribution is 2.31. The van der Waals surface area contributed by atoms with Gasteiger partial charge in [-0.1, -0.05) is 12.1 Å². The molecule has 0 N–H and O–H groups in total. The second-order valence-corrected chi connectivity index (χ2v) is 7.23. The molecule has 0 aliphatic carbocycles. The Bertz CT molecular complexity index is 824. The third-order valence-corrected chi connectivity index (χ3v) is 4.59. The van der Waals surface area contributed by atoms with Crippen LogP contribution in [-0.4, -0.2) is 61.2 Å². The topological polar surface area (TPSA) is 124 Å². The minimum Gasteiger partial charge on any atom is -0.463 e. The van der Waals surface area contributed by atoms with E-state index >= 15 is 0 Å². The molecule has 32 heavy (non-hydrogen) atoms. The first-order valence-electron chi connectivity index (χ1n) is 9.72. The maximum absolute atomic E-state index is 11.8. The first-order chi connectivity index (χ1) is 15.1. The number of rotatable bonds is 8. The van der Waals surface area contributed by atoms with E-state index in [-0.39, 0.29) is 6.61 Å². The lowest BCUT2D eigenvalue weighted by atomic mass is 9.98. The van der Waals surface area contributed by atoms with Crippen LogP contribution < -0.4 is 4.74 Å². The summed E-state index contributed by atoms with van der Waals surface area (Å²) in [6.07, 6.45) is -6.18. The van der Waals surface area contributed by atoms with Crippen LogP contribution in [0.1, 0.15) is 33.3 Å². The molecule has 176 valence electrons. The van der Waals surface area contributed by atoms with Gasteiger partial charge in [0.2, 0.25) is 12.4 Å². The van der Waals surface area contributed by atoms with Crippen LogP contribution in [0.3, 0.4) is 0 Å². The average molecular weight is 473 g/mol. The molecule has 1 fully saturated rings. The summed E-state index contributed by atoms with van der Waals surface area (Å²) in [5.74, 6) is -2.08. The fourth-order valence-electron chi connectivity index (χ4n) is 3.07. The molecule has 1 saturated heterocycles. The van der Waals surface area contributed by atoms with Gasteiger partial charge in [0.15, 0.2) is 12.2 Å². The summed E-state index contributed by atoms with van der Waals surface area (Å²) in [6.45, 7) is 4.32. The molecule has 1 aliphatic rings. The highest BCUT2D eigenvalue weighted by atomic mass is 35.5. The number of carbonyl (C=O) groups is 4. The molecule has 0 unspecified atom stereocenters. The number of hydrogen-bond donors (Lipinski definition) is 0. The van der Waals surface area contributed by atoms with Crippen LogP contribution in [0.2, 0.25) is 0 Å². The average Bonchev–Trinajstić information content (AvgIpc) is 2.70. The first-order valence-corrected chi connectivity index (χ1v) is 10.3. The van der Waals surface area contributed by atoms with Crippen molar-refractivity contribution in [1.29, 1.82) is 0 Å². The van der Waals surface area contributed by atoms with Crippen molar-refractivity contribution in [2.24, 2.45) is 0 Å². The van der Waals surface area contributed by atoms with Crippen LogP contribution in [0.4, 0.5) is 0 Å². The Balaban J connectivity index is 2.42. The number of benzene rings is 1. The lowest BCUT2D eigenvalue weighted by Gasteiger charge is -2.43. The normalized spacial score (nSPS) is 24.7. The third kappa shape index (κ3) is 7.38. The van der Waals surface area contributed by atoms with Gasteiger partial charge in [-0.2, -0.15) is 0 Å². The highest BCUT2D eigenvalue weighted by Gasteiger charge is 2.53. The van der Waals surface area contributed by atoms with E-state index in [1.54, 1.807) is 24.3 Å². The van der Waals surface area contributed by atoms with Gasteiger partial charge in [-0.05, 0) is 17.7 Å². The van der Waals surface area contributed by atoms with Gasteiger partial charge in [-0.25, -0.2) is 0 Å². The number of hydrogen-bond acceptors (Lipinski definition) is 10. The first kappa shape index (κ1) is 25.4. The van der Waals surface area contributed by atoms with Crippen molar-refractivity contribution in [3.63, 3.8) is 0 Å². The zero-order valence-electron chi connectivity index (χ0n) is 18.1. The van der Waals surface area contributed by atoms with Gasteiger partial charge in [0.1, 0.15) is 18.5 Å². The van der Waals surface area contributed by atoms with Crippen LogP contribution in [0.25, 0.3) is 0 Å². The van der Waals surface area contributed by atoms with Crippen molar-refractivity contribution in [3.8, 4) is 5.75 Å². The van der Waals surface area contributed by atoms with Crippen LogP contribution in [0.5, 0.6) is 5.75 Å². The van der Waals surface area contributed by atoms with Crippen LogP contribution in [0, 0.1) is 0 Å². The highest BCUT2D eigenvalue weighted by molar-refractivity contribution is 6.17. The minimum absolute atomic E-state index is 0.305. The van der Waals surface area contributed by atoms with E-state index in [9.17, 15) is 19.2 Å². The summed E-state index contributed by atoms with van der Waals surface area (Å²) in [7, 11) is 0. The maximum atomic E-state index is 11.8. The lowest BCUT2D eigenvalue weighted by molar-refractivity contribution is -0.288. The molecule has 0 saturated carbocycles. The number of alkyl halides is 1. The van der Waals surface area contributed by atoms with Crippen molar-refractivity contribution in [1.82, 2.24) is 0 Å². The lowest BCUT2D eigenvalue weighted by Crippen LogP contribution is -2.63. The number of carbonyl (C=O) groups excluding carboxylic acids is 4. The van der Waals surface area contributed by atoms with Crippen LogP contribution in [-0.2, 0) is 48.7 Å². The molecular formula is C21H25ClO10. The molecule has 10 nitrogen and oxygen atoms in total. The van der Waals surface area contributed by atoms with Gasteiger partial charge in [-0.15, -0.1) is 11.6 Å². The van der Waals surface area contributed by atoms with Gasteiger partial charge in [0.05, 0.1) is 0 Å². The summed E-state index contributed by atoms with van der Waals surface area (Å²) >= 11 is 5.80. The summed E-state index contributed by atoms with van der Waals surface area (Å²) in [5.41, 5.74) is 0.848. The van der Waals surface area contributed by atoms with Gasteiger partial charge in [0.25, 0.3) is 0 Å². The minimum atomic E-state index is -1.29. The molecule has 0 amide bonds. The van der Waals surface area contributed by atoms with Gasteiger partial charge >= 0.3 is 23.9 Å². The SMILES string of the molecule is CC(=O)OC[C@H]1O[C@@H](Oc2ccc(CCl)cc2)[C@H](OC(C)=O)[C@@H](OC(C)=O)[C@H]1OC(C)=O. The Morgan fingerprint density at radius 1 is 0.812 bits per heavy atom. The zero-order chi connectivity index (χ0) is 23.8. The van der Waals surface area contributed by atoms with Gasteiger partial charge in [-0.3, -0.25) is 19.2 Å². The van der Waals surface area contributed by atoms with Crippen molar-refractivity contribution >= 4 is 35.5 Å². The molecule has 1 aromatic rings. The molecule has 5 atom stereocenters. The Morgan fingerprint density at radius 3 is 1.84 bits per heavy atom. The molecular weight excluding hydrogens is 448 g/mol. The van der Waals surface area contributed by atoms with E-state index < -0.39 is 54.6 Å². The van der Waals surface area contributed by atoms with E-state index in [1.807, 2.05) is 0 Å². The van der Waals surface area contributed by atoms with Crippen molar-refractivity contribution in [2.75, 3.05) is 6.61 Å². The molecule has 0 bridgehead atoms. The van der Waals surface area contributed by atoms with Crippen molar-refractivity contribution in [2.45, 2.75) is 64.3 Å². The summed E-state index contributed by atoms with van der Waals surface area (Å²) < 4.78 is 32.7. The second kappa shape index (κ2) is 11.7. The molecule has 0 aromatic heterocycles. The van der Waals surface area contributed by atoms with Crippen LogP contribution >= 0.6 is 11.6 Å². The van der Waals surface area contributed by atoms with Crippen molar-refractivity contribution < 1.29 is 47.6 Å². The van der Waals surface area contributed by atoms with E-state index in [0.717, 1.165) is 26.3 Å². The number of esters is 4. The molecule has 0 radical (unpaired) electrons. The second-order valence-electron chi connectivity index (χ2n) is 6.96. The Hall–Kier alpha value is -2.85. The molecule has 1 aliphatic heterocycles. The smallest absolute Gasteiger partial charge is 0.303 e. The number of halogens is 1. The molecule has 1 aromatic carbocycles. The number of ether oxygens (including phenoxy) is 6. The fourth-order valence-corrected chi connectivity index (χ4v) is 3.25. The van der Waals surface area contributed by atoms with Crippen molar-refractivity contribution in [3.05, 3.63) is 29.8 Å². The summed E-state index contributed by atoms with van der Waals surface area (Å²) in [6, 6.07) is 6.72. The predicted molar refractivity (Wildman–Crippen MR) is 109 cm³/mol. The van der Waals surface area contributed by atoms with E-state index in [2.05, 4.69) is 0 Å². The molecule has 11 heteroatoms. The predicted octanol–water partition coefficient (Wildman–Crippen LogP) is 1.89. The maximum Gasteiger partial charge on any atom is 0.303 e. The van der Waals surface area contributed by atoms with Gasteiger partial charge in [0, 0.05) is 33.6 Å². The van der Waals surface area contributed by atoms with Gasteiger partial charge < -0.3 is 28.4 Å². The van der Waals surface area contributed by atoms with E-state index in [0.29, 0.717) is 11.6 Å². The Kier molecular flexibility index (Phi) is 9.27. The fraction of sp³-hybridized carbons (Fsp3) is 0.524. The largest absolute Gasteiger partial charge is 0.463 e. The summed E-state index contributed by atoms with van der Waals surface area (Å²) in [4.78, 5) is 46.6. The molecule has 2 rings (SSSR count). The monoisotopic (exact) mass is 472 g/mol. The Labute approximate surface area is 190 Å². The van der Waals surface area contributed by atoms with Crippen LogP contribution in [0.15, 0.2) is 24.3 Å². The Morgan fingerprint density at radius 2 is 1.34 bits per heavy atom. The third-order valence-electron chi connectivity index (χ3n) is 4.28. The molecule has 0 spiro atoms. The summed E-state index contributed by atoms with van der Waals surface area (Å²) in [5, 5.41) is 0.